The maximum atomic E-state index is 13.7. The van der Waals surface area contributed by atoms with E-state index in [1.54, 1.807) is 23.1 Å². The molecule has 1 aliphatic rings. The largest absolute Gasteiger partial charge is 0.494 e. The summed E-state index contributed by atoms with van der Waals surface area (Å²) >= 11 is 5.05. The van der Waals surface area contributed by atoms with Gasteiger partial charge in [0.2, 0.25) is 5.69 Å². The molecule has 0 fully saturated rings. The zero-order valence-electron chi connectivity index (χ0n) is 27.5. The Kier molecular flexibility index (Phi) is 10.3. The Morgan fingerprint density at radius 3 is 2.28 bits per heavy atom. The molecule has 3 aromatic carbocycles. The van der Waals surface area contributed by atoms with Crippen LogP contribution >= 0.6 is 34.4 Å². The standard InChI is InChI=1S/C39H40N3O2S3/c1-6-40-31-24-27(5)20-22-32(31)45-34(40)25-30(44-9-4)21-23-33-39(43)42(8-3)36(46-33)26-35-41(7-2)37(28-16-12-10-13-17-28)38(47-35)29-18-14-11-15-19-29/h10-26H,6-9H2,1-5H3/q+1. The number of hydrogen-bond donors (Lipinski definition) is 0. The minimum atomic E-state index is 0.0166. The van der Waals surface area contributed by atoms with E-state index in [2.05, 4.69) is 121 Å². The Labute approximate surface area is 289 Å². The number of thiazole rings is 2. The second kappa shape index (κ2) is 14.8. The molecule has 0 atom stereocenters. The predicted octanol–water partition coefficient (Wildman–Crippen LogP) is 7.94. The number of aryl methyl sites for hydroxylation is 1. The molecule has 8 heteroatoms. The minimum Gasteiger partial charge on any atom is -0.494 e. The number of hydrogen-bond acceptors (Lipinski definition) is 6. The van der Waals surface area contributed by atoms with Crippen molar-refractivity contribution in [2.24, 2.45) is 0 Å². The van der Waals surface area contributed by atoms with E-state index in [1.165, 1.54) is 49.2 Å². The van der Waals surface area contributed by atoms with Crippen molar-refractivity contribution < 1.29 is 9.30 Å². The van der Waals surface area contributed by atoms with Crippen LogP contribution in [0.3, 0.4) is 0 Å². The monoisotopic (exact) mass is 678 g/mol. The molecule has 0 saturated carbocycles. The van der Waals surface area contributed by atoms with Gasteiger partial charge in [-0.25, -0.2) is 0 Å². The Bertz CT molecular complexity index is 2120. The van der Waals surface area contributed by atoms with E-state index in [0.29, 0.717) is 17.7 Å². The fourth-order valence-corrected chi connectivity index (χ4v) is 9.38. The molecule has 0 bridgehead atoms. The topological polar surface area (TPSA) is 38.4 Å². The lowest BCUT2D eigenvalue weighted by molar-refractivity contribution is -0.679. The maximum Gasteiger partial charge on any atom is 0.269 e. The Morgan fingerprint density at radius 2 is 1.62 bits per heavy atom. The Hall–Kier alpha value is -4.11. The normalized spacial score (nSPS) is 14.8. The van der Waals surface area contributed by atoms with Gasteiger partial charge in [-0.2, -0.15) is 4.57 Å². The van der Waals surface area contributed by atoms with Gasteiger partial charge in [0.15, 0.2) is 0 Å². The lowest BCUT2D eigenvalue weighted by Crippen LogP contribution is -2.36. The molecule has 1 aliphatic heterocycles. The molecule has 5 aromatic rings. The zero-order chi connectivity index (χ0) is 32.9. The third kappa shape index (κ3) is 6.82. The number of rotatable bonds is 10. The van der Waals surface area contributed by atoms with Crippen molar-refractivity contribution in [1.82, 2.24) is 4.57 Å². The summed E-state index contributed by atoms with van der Waals surface area (Å²) in [5, 5.41) is 2.24. The molecule has 0 radical (unpaired) electrons. The molecule has 0 amide bonds. The highest BCUT2D eigenvalue weighted by molar-refractivity contribution is 8.03. The molecular weight excluding hydrogens is 639 g/mol. The highest BCUT2D eigenvalue weighted by atomic mass is 32.2. The van der Waals surface area contributed by atoms with Crippen LogP contribution in [0.4, 0.5) is 5.69 Å². The van der Waals surface area contributed by atoms with Crippen LogP contribution in [-0.4, -0.2) is 17.7 Å². The highest BCUT2D eigenvalue weighted by Gasteiger charge is 2.27. The molecule has 0 unspecified atom stereocenters. The van der Waals surface area contributed by atoms with Crippen LogP contribution in [0.1, 0.15) is 38.3 Å². The molecule has 0 spiro atoms. The predicted molar refractivity (Wildman–Crippen MR) is 200 cm³/mol. The van der Waals surface area contributed by atoms with Crippen molar-refractivity contribution in [2.45, 2.75) is 52.6 Å². The third-order valence-electron chi connectivity index (χ3n) is 8.03. The average molecular weight is 679 g/mol. The molecule has 2 aromatic heterocycles. The van der Waals surface area contributed by atoms with Crippen molar-refractivity contribution in [3.05, 3.63) is 132 Å². The summed E-state index contributed by atoms with van der Waals surface area (Å²) < 4.78 is 11.9. The Balaban J connectivity index is 1.44. The fraction of sp³-hybridized carbons (Fsp3) is 0.231. The summed E-state index contributed by atoms with van der Waals surface area (Å²) in [5.74, 6) is 0.737. The van der Waals surface area contributed by atoms with Gasteiger partial charge in [0.05, 0.1) is 27.9 Å². The van der Waals surface area contributed by atoms with E-state index in [9.17, 15) is 4.79 Å². The number of fused-ring (bicyclic) bond motifs is 1. The van der Waals surface area contributed by atoms with E-state index >= 15 is 0 Å². The first-order chi connectivity index (χ1) is 22.9. The summed E-state index contributed by atoms with van der Waals surface area (Å²) in [7, 11) is 0. The van der Waals surface area contributed by atoms with Gasteiger partial charge in [0.1, 0.15) is 21.8 Å². The second-order valence-corrected chi connectivity index (χ2v) is 14.2. The van der Waals surface area contributed by atoms with Crippen LogP contribution in [-0.2, 0) is 17.8 Å². The Morgan fingerprint density at radius 1 is 0.894 bits per heavy atom. The van der Waals surface area contributed by atoms with Gasteiger partial charge in [0, 0.05) is 29.6 Å². The SMILES string of the molecule is CCOC(=CC=c1sc(=Cc2sc(-c3ccccc3)c(-c3ccccc3)[n+]2CC)n(CC)c1=O)C=C1Sc2ccc(C)cc2N1CC. The summed E-state index contributed by atoms with van der Waals surface area (Å²) in [5.41, 5.74) is 6.06. The van der Waals surface area contributed by atoms with E-state index in [1.807, 2.05) is 30.6 Å². The molecular formula is C39H40N3O2S3+. The van der Waals surface area contributed by atoms with E-state index in [0.717, 1.165) is 33.5 Å². The van der Waals surface area contributed by atoms with Crippen LogP contribution in [0.25, 0.3) is 33.9 Å². The first-order valence-corrected chi connectivity index (χ1v) is 18.6. The number of anilines is 1. The van der Waals surface area contributed by atoms with Crippen molar-refractivity contribution in [3.8, 4) is 21.7 Å². The molecule has 5 nitrogen and oxygen atoms in total. The lowest BCUT2D eigenvalue weighted by atomic mass is 10.1. The van der Waals surface area contributed by atoms with Crippen molar-refractivity contribution >= 4 is 52.3 Å². The van der Waals surface area contributed by atoms with E-state index < -0.39 is 0 Å². The van der Waals surface area contributed by atoms with Gasteiger partial charge in [0.25, 0.3) is 10.6 Å². The van der Waals surface area contributed by atoms with Gasteiger partial charge in [-0.15, -0.1) is 11.3 Å². The number of allylic oxidation sites excluding steroid dienone is 2. The number of aromatic nitrogens is 2. The number of benzene rings is 3. The number of thioether (sulfide) groups is 1. The number of nitrogens with zero attached hydrogens (tertiary/aromatic N) is 3. The minimum absolute atomic E-state index is 0.0166. The van der Waals surface area contributed by atoms with Gasteiger partial charge in [-0.05, 0) is 82.2 Å². The highest BCUT2D eigenvalue weighted by Crippen LogP contribution is 2.46. The molecule has 6 rings (SSSR count). The van der Waals surface area contributed by atoms with E-state index in [-0.39, 0.29) is 5.56 Å². The van der Waals surface area contributed by atoms with Crippen LogP contribution in [0.2, 0.25) is 0 Å². The van der Waals surface area contributed by atoms with Crippen molar-refractivity contribution in [3.63, 3.8) is 0 Å². The lowest BCUT2D eigenvalue weighted by Gasteiger charge is -2.18. The third-order valence-corrected chi connectivity index (χ3v) is 11.4. The van der Waals surface area contributed by atoms with E-state index in [4.69, 9.17) is 4.74 Å². The summed E-state index contributed by atoms with van der Waals surface area (Å²) in [6.45, 7) is 13.3. The summed E-state index contributed by atoms with van der Waals surface area (Å²) in [6, 6.07) is 27.7. The average Bonchev–Trinajstić information content (AvgIpc) is 3.73. The fourth-order valence-electron chi connectivity index (χ4n) is 5.82. The van der Waals surface area contributed by atoms with Crippen molar-refractivity contribution in [1.29, 1.82) is 0 Å². The molecule has 0 saturated heterocycles. The van der Waals surface area contributed by atoms with Gasteiger partial charge in [-0.1, -0.05) is 77.7 Å². The first-order valence-electron chi connectivity index (χ1n) is 16.2. The molecule has 240 valence electrons. The summed E-state index contributed by atoms with van der Waals surface area (Å²) in [4.78, 5) is 18.5. The van der Waals surface area contributed by atoms with Crippen LogP contribution in [0.15, 0.2) is 111 Å². The zero-order valence-corrected chi connectivity index (χ0v) is 30.0. The summed E-state index contributed by atoms with van der Waals surface area (Å²) in [6.07, 6.45) is 8.13. The van der Waals surface area contributed by atoms with Gasteiger partial charge in [-0.3, -0.25) is 9.36 Å². The number of ether oxygens (including phenoxy) is 1. The van der Waals surface area contributed by atoms with Gasteiger partial charge < -0.3 is 9.64 Å². The van der Waals surface area contributed by atoms with Gasteiger partial charge >= 0.3 is 0 Å². The molecule has 3 heterocycles. The van der Waals surface area contributed by atoms with Crippen molar-refractivity contribution in [2.75, 3.05) is 18.1 Å². The van der Waals surface area contributed by atoms with Crippen LogP contribution < -0.4 is 24.2 Å². The second-order valence-electron chi connectivity index (χ2n) is 11.1. The first kappa shape index (κ1) is 32.8. The molecule has 0 aliphatic carbocycles. The van der Waals surface area contributed by atoms with Crippen LogP contribution in [0.5, 0.6) is 0 Å². The smallest absolute Gasteiger partial charge is 0.269 e. The molecule has 47 heavy (non-hydrogen) atoms. The van der Waals surface area contributed by atoms with Crippen LogP contribution in [0, 0.1) is 6.92 Å². The maximum absolute atomic E-state index is 13.7. The quantitative estimate of drug-likeness (QED) is 0.111. The molecule has 0 N–H and O–H groups in total.